The maximum atomic E-state index is 6.00. The van der Waals surface area contributed by atoms with Crippen LogP contribution >= 0.6 is 15.9 Å². The molecule has 1 saturated heterocycles. The molecule has 1 heterocycles. The molecule has 116 valence electrons. The highest BCUT2D eigenvalue weighted by atomic mass is 79.9. The van der Waals surface area contributed by atoms with Gasteiger partial charge in [-0.25, -0.2) is 0 Å². The van der Waals surface area contributed by atoms with Crippen molar-refractivity contribution in [2.45, 2.75) is 38.8 Å². The van der Waals surface area contributed by atoms with E-state index >= 15 is 0 Å². The number of nitrogens with one attached hydrogen (secondary N) is 1. The summed E-state index contributed by atoms with van der Waals surface area (Å²) in [5, 5.41) is 3.81. The number of rotatable bonds is 3. The van der Waals surface area contributed by atoms with Gasteiger partial charge in [0.1, 0.15) is 0 Å². The lowest BCUT2D eigenvalue weighted by Crippen LogP contribution is -2.67. The van der Waals surface area contributed by atoms with E-state index in [-0.39, 0.29) is 5.41 Å². The number of hydrogen-bond donors (Lipinski definition) is 1. The van der Waals surface area contributed by atoms with Gasteiger partial charge in [-0.05, 0) is 31.0 Å². The molecule has 3 unspecified atom stereocenters. The zero-order valence-corrected chi connectivity index (χ0v) is 14.9. The van der Waals surface area contributed by atoms with E-state index in [1.807, 2.05) is 0 Å². The molecule has 2 fully saturated rings. The molecule has 0 aromatic heterocycles. The second-order valence-electron chi connectivity index (χ2n) is 7.10. The molecular formula is C17H25BrN2O. The predicted molar refractivity (Wildman–Crippen MR) is 92.1 cm³/mol. The van der Waals surface area contributed by atoms with Gasteiger partial charge in [0, 0.05) is 42.5 Å². The fraction of sp³-hybridized carbons (Fsp3) is 0.647. The van der Waals surface area contributed by atoms with Crippen molar-refractivity contribution < 1.29 is 4.74 Å². The van der Waals surface area contributed by atoms with Crippen molar-refractivity contribution in [3.05, 3.63) is 22.7 Å². The highest BCUT2D eigenvalue weighted by Crippen LogP contribution is 2.53. The van der Waals surface area contributed by atoms with Crippen LogP contribution in [0, 0.1) is 11.3 Å². The Labute approximate surface area is 136 Å². The number of ether oxygens (including phenoxy) is 1. The summed E-state index contributed by atoms with van der Waals surface area (Å²) in [7, 11) is 4.18. The first-order valence-corrected chi connectivity index (χ1v) is 8.55. The molecule has 21 heavy (non-hydrogen) atoms. The fourth-order valence-electron chi connectivity index (χ4n) is 4.00. The maximum absolute atomic E-state index is 6.00. The molecule has 3 rings (SSSR count). The largest absolute Gasteiger partial charge is 0.380 e. The van der Waals surface area contributed by atoms with Gasteiger partial charge in [-0.3, -0.25) is 0 Å². The average molecular weight is 353 g/mol. The van der Waals surface area contributed by atoms with Crippen LogP contribution in [0.15, 0.2) is 22.7 Å². The third-order valence-electron chi connectivity index (χ3n) is 5.08. The Hall–Kier alpha value is -0.740. The zero-order chi connectivity index (χ0) is 15.2. The Balaban J connectivity index is 1.85. The maximum Gasteiger partial charge on any atom is 0.0693 e. The molecule has 1 aliphatic heterocycles. The first kappa shape index (κ1) is 15.2. The van der Waals surface area contributed by atoms with Crippen LogP contribution in [0.25, 0.3) is 0 Å². The van der Waals surface area contributed by atoms with E-state index in [0.717, 1.165) is 11.1 Å². The van der Waals surface area contributed by atoms with Crippen LogP contribution in [0.5, 0.6) is 0 Å². The lowest BCUT2D eigenvalue weighted by atomic mass is 9.55. The topological polar surface area (TPSA) is 24.5 Å². The van der Waals surface area contributed by atoms with E-state index < -0.39 is 0 Å². The van der Waals surface area contributed by atoms with Crippen LogP contribution in [0.2, 0.25) is 0 Å². The second-order valence-corrected chi connectivity index (χ2v) is 8.01. The SMILES string of the molecule is CN(C)c1ccc(Br)cc1NC1C2CCCOC2C1(C)C. The molecule has 1 N–H and O–H groups in total. The van der Waals surface area contributed by atoms with Crippen LogP contribution in [0.4, 0.5) is 11.4 Å². The number of hydrogen-bond acceptors (Lipinski definition) is 3. The van der Waals surface area contributed by atoms with Gasteiger partial charge in [0.05, 0.1) is 17.5 Å². The van der Waals surface area contributed by atoms with Crippen molar-refractivity contribution in [3.63, 3.8) is 0 Å². The number of benzene rings is 1. The monoisotopic (exact) mass is 352 g/mol. The number of nitrogens with zero attached hydrogens (tertiary/aromatic N) is 1. The summed E-state index contributed by atoms with van der Waals surface area (Å²) in [5.74, 6) is 0.641. The minimum absolute atomic E-state index is 0.191. The summed E-state index contributed by atoms with van der Waals surface area (Å²) in [6.07, 6.45) is 2.88. The molecule has 2 aliphatic rings. The average Bonchev–Trinajstić information content (AvgIpc) is 2.44. The summed E-state index contributed by atoms with van der Waals surface area (Å²) in [6, 6.07) is 6.92. The van der Waals surface area contributed by atoms with Crippen LogP contribution in [0.1, 0.15) is 26.7 Å². The molecule has 0 bridgehead atoms. The van der Waals surface area contributed by atoms with Gasteiger partial charge in [-0.15, -0.1) is 0 Å². The molecule has 0 amide bonds. The van der Waals surface area contributed by atoms with Gasteiger partial charge in [-0.2, -0.15) is 0 Å². The summed E-state index contributed by atoms with van der Waals surface area (Å²) in [4.78, 5) is 2.16. The molecule has 4 heteroatoms. The van der Waals surface area contributed by atoms with Crippen molar-refractivity contribution in [2.24, 2.45) is 11.3 Å². The lowest BCUT2D eigenvalue weighted by Gasteiger charge is -2.60. The van der Waals surface area contributed by atoms with E-state index in [1.54, 1.807) is 0 Å². The molecule has 3 nitrogen and oxygen atoms in total. The Morgan fingerprint density at radius 1 is 1.33 bits per heavy atom. The van der Waals surface area contributed by atoms with Crippen LogP contribution in [0.3, 0.4) is 0 Å². The lowest BCUT2D eigenvalue weighted by molar-refractivity contribution is -0.177. The number of halogens is 1. The minimum Gasteiger partial charge on any atom is -0.380 e. The number of anilines is 2. The van der Waals surface area contributed by atoms with Gasteiger partial charge in [-0.1, -0.05) is 29.8 Å². The Morgan fingerprint density at radius 3 is 2.81 bits per heavy atom. The Bertz CT molecular complexity index is 530. The minimum atomic E-state index is 0.191. The second kappa shape index (κ2) is 5.47. The molecule has 1 aliphatic carbocycles. The van der Waals surface area contributed by atoms with Crippen LogP contribution in [-0.2, 0) is 4.74 Å². The molecule has 3 atom stereocenters. The van der Waals surface area contributed by atoms with Gasteiger partial charge in [0.2, 0.25) is 0 Å². The Kier molecular flexibility index (Phi) is 3.95. The van der Waals surface area contributed by atoms with Gasteiger partial charge in [0.25, 0.3) is 0 Å². The summed E-state index contributed by atoms with van der Waals surface area (Å²) in [5.41, 5.74) is 2.63. The Morgan fingerprint density at radius 2 is 2.10 bits per heavy atom. The molecule has 1 aromatic rings. The predicted octanol–water partition coefficient (Wildman–Crippen LogP) is 4.13. The first-order chi connectivity index (χ1) is 9.91. The van der Waals surface area contributed by atoms with Crippen molar-refractivity contribution in [1.29, 1.82) is 0 Å². The first-order valence-electron chi connectivity index (χ1n) is 7.76. The van der Waals surface area contributed by atoms with E-state index in [9.17, 15) is 0 Å². The van der Waals surface area contributed by atoms with Crippen molar-refractivity contribution >= 4 is 27.3 Å². The van der Waals surface area contributed by atoms with E-state index in [4.69, 9.17) is 4.74 Å². The highest BCUT2D eigenvalue weighted by molar-refractivity contribution is 9.10. The molecule has 1 aromatic carbocycles. The molecular weight excluding hydrogens is 328 g/mol. The van der Waals surface area contributed by atoms with Crippen molar-refractivity contribution in [1.82, 2.24) is 0 Å². The third-order valence-corrected chi connectivity index (χ3v) is 5.58. The van der Waals surface area contributed by atoms with E-state index in [1.165, 1.54) is 24.2 Å². The van der Waals surface area contributed by atoms with Crippen LogP contribution < -0.4 is 10.2 Å². The summed E-state index contributed by atoms with van der Waals surface area (Å²) >= 11 is 3.59. The fourth-order valence-corrected chi connectivity index (χ4v) is 4.36. The van der Waals surface area contributed by atoms with Crippen LogP contribution in [-0.4, -0.2) is 32.8 Å². The third kappa shape index (κ3) is 2.57. The molecule has 0 radical (unpaired) electrons. The van der Waals surface area contributed by atoms with Gasteiger partial charge < -0.3 is 15.0 Å². The number of fused-ring (bicyclic) bond motifs is 1. The molecule has 0 spiro atoms. The van der Waals surface area contributed by atoms with Gasteiger partial charge >= 0.3 is 0 Å². The van der Waals surface area contributed by atoms with Gasteiger partial charge in [0.15, 0.2) is 0 Å². The van der Waals surface area contributed by atoms with E-state index in [2.05, 4.69) is 72.3 Å². The van der Waals surface area contributed by atoms with E-state index in [0.29, 0.717) is 18.1 Å². The zero-order valence-electron chi connectivity index (χ0n) is 13.3. The van der Waals surface area contributed by atoms with Crippen molar-refractivity contribution in [2.75, 3.05) is 30.9 Å². The normalized spacial score (nSPS) is 30.2. The quantitative estimate of drug-likeness (QED) is 0.884. The highest BCUT2D eigenvalue weighted by Gasteiger charge is 2.58. The smallest absolute Gasteiger partial charge is 0.0693 e. The summed E-state index contributed by atoms with van der Waals surface area (Å²) in [6.45, 7) is 5.58. The van der Waals surface area contributed by atoms with Crippen molar-refractivity contribution in [3.8, 4) is 0 Å². The molecule has 1 saturated carbocycles. The standard InChI is InChI=1S/C17H25BrN2O/c1-17(2)15(12-6-5-9-21-16(12)17)19-13-10-11(18)7-8-14(13)20(3)4/h7-8,10,12,15-16,19H,5-6,9H2,1-4H3. The summed E-state index contributed by atoms with van der Waals surface area (Å²) < 4.78 is 7.12.